The van der Waals surface area contributed by atoms with Gasteiger partial charge in [0.25, 0.3) is 11.7 Å². The van der Waals surface area contributed by atoms with E-state index in [0.717, 1.165) is 36.3 Å². The predicted molar refractivity (Wildman–Crippen MR) is 124 cm³/mol. The van der Waals surface area contributed by atoms with Gasteiger partial charge in [0.2, 0.25) is 5.70 Å². The number of benzene rings is 1. The molecule has 1 aromatic carbocycles. The van der Waals surface area contributed by atoms with Crippen molar-refractivity contribution < 1.29 is 9.39 Å². The summed E-state index contributed by atoms with van der Waals surface area (Å²) in [5.74, 6) is 7.72. The van der Waals surface area contributed by atoms with Gasteiger partial charge in [-0.3, -0.25) is 14.7 Å². The first-order chi connectivity index (χ1) is 16.1. The maximum Gasteiger partial charge on any atom is 0.264 e. The summed E-state index contributed by atoms with van der Waals surface area (Å²) in [4.78, 5) is 28.1. The third-order valence-electron chi connectivity index (χ3n) is 6.09. The quantitative estimate of drug-likeness (QED) is 0.421. The summed E-state index contributed by atoms with van der Waals surface area (Å²) in [7, 11) is 0. The molecule has 0 spiro atoms. The Bertz CT molecular complexity index is 1240. The second-order valence-corrected chi connectivity index (χ2v) is 8.09. The van der Waals surface area contributed by atoms with Gasteiger partial charge in [-0.1, -0.05) is 6.07 Å². The molecule has 164 valence electrons. The number of fused-ring (bicyclic) bond motifs is 1. The molecular weight excluding hydrogens is 416 g/mol. The molecule has 3 aliphatic rings. The number of nitrogens with two attached hydrogens (primary N) is 1. The minimum absolute atomic E-state index is 0.0274. The van der Waals surface area contributed by atoms with Crippen molar-refractivity contribution in [3.63, 3.8) is 0 Å². The predicted octanol–water partition coefficient (Wildman–Crippen LogP) is 2.54. The van der Waals surface area contributed by atoms with Crippen LogP contribution in [0.25, 0.3) is 0 Å². The second-order valence-electron chi connectivity index (χ2n) is 8.09. The normalized spacial score (nSPS) is 23.9. The van der Waals surface area contributed by atoms with Gasteiger partial charge in [-0.15, -0.1) is 4.59 Å². The van der Waals surface area contributed by atoms with Crippen LogP contribution in [0.2, 0.25) is 0 Å². The van der Waals surface area contributed by atoms with Crippen LogP contribution in [-0.4, -0.2) is 51.6 Å². The van der Waals surface area contributed by atoms with Crippen LogP contribution in [0.1, 0.15) is 28.8 Å². The van der Waals surface area contributed by atoms with Crippen molar-refractivity contribution in [2.75, 3.05) is 18.4 Å². The summed E-state index contributed by atoms with van der Waals surface area (Å²) < 4.78 is -0.0881. The third kappa shape index (κ3) is 3.76. The monoisotopic (exact) mass is 439 g/mol. The highest BCUT2D eigenvalue weighted by Crippen LogP contribution is 2.36. The Kier molecular flexibility index (Phi) is 5.40. The molecule has 2 aromatic rings. The molecule has 1 amide bonds. The van der Waals surface area contributed by atoms with Crippen molar-refractivity contribution in [2.45, 2.75) is 18.9 Å². The lowest BCUT2D eigenvalue weighted by molar-refractivity contribution is -0.750. The number of aromatic nitrogens is 1. The average Bonchev–Trinajstić information content (AvgIpc) is 3.41. The zero-order valence-electron chi connectivity index (χ0n) is 17.9. The third-order valence-corrected chi connectivity index (χ3v) is 6.09. The number of likely N-dealkylation sites (tertiary alicyclic amines) is 1. The Hall–Kier alpha value is -3.97. The summed E-state index contributed by atoms with van der Waals surface area (Å²) in [5, 5.41) is 12.0. The number of quaternary nitrogens is 1. The molecule has 9 heteroatoms. The van der Waals surface area contributed by atoms with Crippen molar-refractivity contribution >= 4 is 23.8 Å². The van der Waals surface area contributed by atoms with E-state index in [-0.39, 0.29) is 16.5 Å². The number of hydrogen-bond acceptors (Lipinski definition) is 7. The van der Waals surface area contributed by atoms with Gasteiger partial charge in [-0.05, 0) is 55.8 Å². The molecule has 0 aliphatic carbocycles. The van der Waals surface area contributed by atoms with Crippen molar-refractivity contribution in [1.82, 2.24) is 9.88 Å². The topological polar surface area (TPSA) is 120 Å². The maximum absolute atomic E-state index is 12.6. The number of carbonyl (C=O) groups is 1. The van der Waals surface area contributed by atoms with Gasteiger partial charge in [0.15, 0.2) is 0 Å². The standard InChI is InChI=1S/C24H22N8O/c25-10-14-31-13-3-4-19(31)22-20-16-27-12-15-32(20,26)23(30-22)17-6-8-18(9-7-17)24(33)29-21-5-1-2-11-28-21/h1-2,5-9,11-12,15-16,19H,3-4,13-14,26H2/p+1. The summed E-state index contributed by atoms with van der Waals surface area (Å²) in [5.41, 5.74) is 2.97. The minimum Gasteiger partial charge on any atom is -0.307 e. The zero-order chi connectivity index (χ0) is 22.8. The Morgan fingerprint density at radius 1 is 1.27 bits per heavy atom. The Morgan fingerprint density at radius 3 is 2.88 bits per heavy atom. The Balaban J connectivity index is 1.44. The molecule has 2 atom stereocenters. The number of nitriles is 1. The van der Waals surface area contributed by atoms with Crippen LogP contribution >= 0.6 is 0 Å². The largest absolute Gasteiger partial charge is 0.307 e. The van der Waals surface area contributed by atoms with Crippen LogP contribution in [0.3, 0.4) is 0 Å². The van der Waals surface area contributed by atoms with E-state index >= 15 is 0 Å². The fourth-order valence-corrected chi connectivity index (χ4v) is 4.46. The molecule has 1 aromatic heterocycles. The molecule has 4 heterocycles. The number of rotatable bonds is 5. The van der Waals surface area contributed by atoms with Gasteiger partial charge in [0, 0.05) is 11.8 Å². The Labute approximate surface area is 191 Å². The first-order valence-corrected chi connectivity index (χ1v) is 10.8. The van der Waals surface area contributed by atoms with Crippen molar-refractivity contribution in [3.8, 4) is 6.07 Å². The second kappa shape index (κ2) is 8.52. The van der Waals surface area contributed by atoms with Gasteiger partial charge < -0.3 is 5.32 Å². The molecule has 3 N–H and O–H groups in total. The average molecular weight is 440 g/mol. The number of allylic oxidation sites excluding steroid dienone is 1. The first kappa shape index (κ1) is 20.9. The fraction of sp³-hybridized carbons (Fsp3) is 0.208. The van der Waals surface area contributed by atoms with E-state index in [4.69, 9.17) is 10.8 Å². The van der Waals surface area contributed by atoms with E-state index in [1.807, 2.05) is 18.2 Å². The highest BCUT2D eigenvalue weighted by molar-refractivity contribution is 6.05. The van der Waals surface area contributed by atoms with E-state index in [9.17, 15) is 10.1 Å². The summed E-state index contributed by atoms with van der Waals surface area (Å²) in [6.07, 6.45) is 8.77. The molecule has 2 unspecified atom stereocenters. The molecular formula is C24H23N8O+. The van der Waals surface area contributed by atoms with E-state index in [2.05, 4.69) is 26.3 Å². The van der Waals surface area contributed by atoms with E-state index in [0.29, 0.717) is 23.8 Å². The number of amidine groups is 1. The van der Waals surface area contributed by atoms with Crippen molar-refractivity contribution in [3.05, 3.63) is 83.6 Å². The van der Waals surface area contributed by atoms with Gasteiger partial charge >= 0.3 is 0 Å². The van der Waals surface area contributed by atoms with Gasteiger partial charge in [-0.25, -0.2) is 4.98 Å². The van der Waals surface area contributed by atoms with E-state index in [1.165, 1.54) is 0 Å². The van der Waals surface area contributed by atoms with Crippen molar-refractivity contribution in [1.29, 1.82) is 5.26 Å². The molecule has 0 saturated carbocycles. The molecule has 3 aliphatic heterocycles. The minimum atomic E-state index is -0.243. The lowest BCUT2D eigenvalue weighted by atomic mass is 10.1. The Morgan fingerprint density at radius 2 is 2.12 bits per heavy atom. The number of hydrogen-bond donors (Lipinski definition) is 2. The fourth-order valence-electron chi connectivity index (χ4n) is 4.46. The number of nitrogens with zero attached hydrogens (tertiary/aromatic N) is 6. The van der Waals surface area contributed by atoms with Crippen LogP contribution in [0.5, 0.6) is 0 Å². The molecule has 1 fully saturated rings. The van der Waals surface area contributed by atoms with Crippen LogP contribution in [-0.2, 0) is 0 Å². The molecule has 0 radical (unpaired) electrons. The summed E-state index contributed by atoms with van der Waals surface area (Å²) in [6, 6.07) is 14.8. The van der Waals surface area contributed by atoms with Crippen LogP contribution < -0.4 is 11.2 Å². The van der Waals surface area contributed by atoms with Gasteiger partial charge in [-0.2, -0.15) is 16.1 Å². The van der Waals surface area contributed by atoms with Crippen LogP contribution in [0, 0.1) is 11.3 Å². The smallest absolute Gasteiger partial charge is 0.264 e. The lowest BCUT2D eigenvalue weighted by Crippen LogP contribution is -2.53. The lowest BCUT2D eigenvalue weighted by Gasteiger charge is -2.27. The molecule has 1 saturated heterocycles. The number of nitrogens with one attached hydrogen (secondary N) is 1. The summed E-state index contributed by atoms with van der Waals surface area (Å²) in [6.45, 7) is 1.21. The van der Waals surface area contributed by atoms with Gasteiger partial charge in [0.05, 0.1) is 36.6 Å². The molecule has 5 rings (SSSR count). The highest BCUT2D eigenvalue weighted by atomic mass is 16.1. The maximum atomic E-state index is 12.6. The number of aliphatic imine (C=N–C) groups is 2. The number of carbonyl (C=O) groups excluding carboxylic acids is 1. The van der Waals surface area contributed by atoms with Gasteiger partial charge in [0.1, 0.15) is 17.7 Å². The zero-order valence-corrected chi connectivity index (χ0v) is 17.9. The number of pyridine rings is 1. The number of anilines is 1. The molecule has 0 bridgehead atoms. The van der Waals surface area contributed by atoms with Crippen LogP contribution in [0.15, 0.2) is 82.4 Å². The van der Waals surface area contributed by atoms with E-state index in [1.54, 1.807) is 49.1 Å². The number of amides is 1. The van der Waals surface area contributed by atoms with E-state index < -0.39 is 0 Å². The molecule has 9 nitrogen and oxygen atoms in total. The SMILES string of the molecule is N#CCN1CCCC1C1=C2C=NC=C[N+]2(N)C(c2ccc(C(=O)Nc3ccccn3)cc2)=N1. The van der Waals surface area contributed by atoms with Crippen molar-refractivity contribution in [2.24, 2.45) is 15.8 Å². The van der Waals surface area contributed by atoms with Crippen LogP contribution in [0.4, 0.5) is 5.82 Å². The summed E-state index contributed by atoms with van der Waals surface area (Å²) >= 11 is 0. The highest BCUT2D eigenvalue weighted by Gasteiger charge is 2.47. The molecule has 33 heavy (non-hydrogen) atoms. The first-order valence-electron chi connectivity index (χ1n) is 10.8.